The predicted octanol–water partition coefficient (Wildman–Crippen LogP) is 9.59. The molecule has 0 radical (unpaired) electrons. The van der Waals surface area contributed by atoms with Crippen molar-refractivity contribution >= 4 is 35.2 Å². The quantitative estimate of drug-likeness (QED) is 0.0551. The van der Waals surface area contributed by atoms with Gasteiger partial charge in [-0.1, -0.05) is 124 Å². The highest BCUT2D eigenvalue weighted by atomic mass is 16.7. The average Bonchev–Trinajstić information content (AvgIpc) is 3.91. The van der Waals surface area contributed by atoms with Crippen LogP contribution in [0.5, 0.6) is 0 Å². The summed E-state index contributed by atoms with van der Waals surface area (Å²) in [5.41, 5.74) is 2.88. The fourth-order valence-corrected chi connectivity index (χ4v) is 12.1. The van der Waals surface area contributed by atoms with Crippen LogP contribution in [0.4, 0.5) is 0 Å². The summed E-state index contributed by atoms with van der Waals surface area (Å²) < 4.78 is 6.30. The van der Waals surface area contributed by atoms with E-state index in [-0.39, 0.29) is 83.8 Å². The fraction of sp³-hybridized carbons (Fsp3) is 0.793. The molecule has 4 rings (SSSR count). The summed E-state index contributed by atoms with van der Waals surface area (Å²) in [6.45, 7) is 26.9. The first-order chi connectivity index (χ1) is 33.7. The molecule has 0 aromatic rings. The van der Waals surface area contributed by atoms with Gasteiger partial charge in [0, 0.05) is 62.8 Å². The van der Waals surface area contributed by atoms with Crippen LogP contribution in [0.2, 0.25) is 0 Å². The van der Waals surface area contributed by atoms with Crippen LogP contribution in [0.15, 0.2) is 34.9 Å². The van der Waals surface area contributed by atoms with E-state index in [4.69, 9.17) is 9.57 Å². The number of amides is 4. The van der Waals surface area contributed by atoms with Crippen molar-refractivity contribution in [2.75, 3.05) is 40.4 Å². The number of likely N-dealkylation sites (N-methyl/N-ethyl adjacent to an activating group) is 1. The van der Waals surface area contributed by atoms with Gasteiger partial charge in [-0.2, -0.15) is 0 Å². The van der Waals surface area contributed by atoms with Crippen molar-refractivity contribution in [3.8, 4) is 0 Å². The van der Waals surface area contributed by atoms with Gasteiger partial charge in [-0.25, -0.2) is 5.06 Å². The topological polar surface area (TPSA) is 155 Å². The van der Waals surface area contributed by atoms with Crippen molar-refractivity contribution < 1.29 is 38.3 Å². The number of carbonyl (C=O) groups is 6. The largest absolute Gasteiger partial charge is 0.380 e. The summed E-state index contributed by atoms with van der Waals surface area (Å²) in [4.78, 5) is 93.1. The second kappa shape index (κ2) is 28.1. The Morgan fingerprint density at radius 3 is 2.20 bits per heavy atom. The molecule has 4 aliphatic rings. The van der Waals surface area contributed by atoms with Gasteiger partial charge < -0.3 is 20.3 Å². The number of ether oxygens (including phenoxy) is 1. The van der Waals surface area contributed by atoms with Crippen LogP contribution < -0.4 is 10.6 Å². The van der Waals surface area contributed by atoms with Crippen molar-refractivity contribution in [2.24, 2.45) is 46.8 Å². The molecule has 3 fully saturated rings. The van der Waals surface area contributed by atoms with E-state index < -0.39 is 35.6 Å². The van der Waals surface area contributed by atoms with Crippen LogP contribution in [0, 0.1) is 46.8 Å². The molecule has 2 aliphatic carbocycles. The van der Waals surface area contributed by atoms with Crippen LogP contribution >= 0.6 is 0 Å². The molecule has 2 N–H and O–H groups in total. The van der Waals surface area contributed by atoms with E-state index in [1.807, 2.05) is 73.4 Å². The zero-order chi connectivity index (χ0) is 52.7. The zero-order valence-corrected chi connectivity index (χ0v) is 46.7. The second-order valence-electron chi connectivity index (χ2n) is 22.8. The molecule has 4 amide bonds. The molecule has 0 bridgehead atoms. The van der Waals surface area contributed by atoms with Gasteiger partial charge in [-0.05, 0) is 108 Å². The average molecular weight is 992 g/mol. The lowest BCUT2D eigenvalue weighted by atomic mass is 9.79. The number of rotatable bonds is 29. The minimum absolute atomic E-state index is 0.00556. The van der Waals surface area contributed by atoms with Gasteiger partial charge >= 0.3 is 0 Å². The third-order valence-corrected chi connectivity index (χ3v) is 17.0. The van der Waals surface area contributed by atoms with E-state index in [9.17, 15) is 28.8 Å². The van der Waals surface area contributed by atoms with Crippen molar-refractivity contribution in [1.82, 2.24) is 25.5 Å². The lowest BCUT2D eigenvalue weighted by molar-refractivity contribution is -0.200. The SMILES string of the molecule is CCCC(=O)CCCCCN(C)[C@H](C(=O)N[C@H](C(=O)C/C(C)=C1\C[C@@]1([C@@H](C)CC)[C@@H](CC(=O)N1CCC[C@H]1[C@H](C)[C@@H](C)C(=O)N[C@H](C(=O)N1CCCCO1)[C@@H](C)C1=CC=CCC1C)OC)C(C)C)C(C)C. The maximum Gasteiger partial charge on any atom is 0.269 e. The normalized spacial score (nSPS) is 24.4. The third kappa shape index (κ3) is 15.4. The van der Waals surface area contributed by atoms with Gasteiger partial charge in [-0.15, -0.1) is 0 Å². The van der Waals surface area contributed by atoms with Gasteiger partial charge in [0.15, 0.2) is 5.78 Å². The molecule has 1 unspecified atom stereocenters. The molecular weight excluding hydrogens is 895 g/mol. The lowest BCUT2D eigenvalue weighted by Crippen LogP contribution is -2.55. The maximum atomic E-state index is 14.6. The number of likely N-dealkylation sites (tertiary alicyclic amines) is 1. The molecule has 1 saturated carbocycles. The zero-order valence-electron chi connectivity index (χ0n) is 46.7. The van der Waals surface area contributed by atoms with Crippen LogP contribution in [-0.4, -0.2) is 121 Å². The third-order valence-electron chi connectivity index (χ3n) is 17.0. The van der Waals surface area contributed by atoms with Gasteiger partial charge in [0.05, 0.1) is 31.2 Å². The highest BCUT2D eigenvalue weighted by Gasteiger charge is 2.59. The van der Waals surface area contributed by atoms with Crippen molar-refractivity contribution in [2.45, 2.75) is 210 Å². The Kier molecular flexibility index (Phi) is 23.7. The Labute approximate surface area is 429 Å². The van der Waals surface area contributed by atoms with Gasteiger partial charge in [0.2, 0.25) is 17.7 Å². The number of ketones is 2. The molecule has 11 atom stereocenters. The Balaban J connectivity index is 1.44. The molecule has 13 nitrogen and oxygen atoms in total. The molecule has 0 spiro atoms. The number of hydroxylamine groups is 2. The van der Waals surface area contributed by atoms with Gasteiger partial charge in [0.1, 0.15) is 11.8 Å². The Morgan fingerprint density at radius 2 is 1.59 bits per heavy atom. The van der Waals surface area contributed by atoms with Gasteiger partial charge in [-0.3, -0.25) is 38.5 Å². The molecule has 0 aromatic heterocycles. The smallest absolute Gasteiger partial charge is 0.269 e. The first kappa shape index (κ1) is 59.9. The van der Waals surface area contributed by atoms with Crippen LogP contribution in [0.25, 0.3) is 0 Å². The number of nitrogens with one attached hydrogen (secondary N) is 2. The van der Waals surface area contributed by atoms with Crippen LogP contribution in [0.1, 0.15) is 179 Å². The van der Waals surface area contributed by atoms with Crippen molar-refractivity contribution in [3.63, 3.8) is 0 Å². The summed E-state index contributed by atoms with van der Waals surface area (Å²) in [5.74, 6) is -0.785. The van der Waals surface area contributed by atoms with E-state index in [1.54, 1.807) is 7.11 Å². The number of methoxy groups -OCH3 is 1. The monoisotopic (exact) mass is 992 g/mol. The number of nitrogens with zero attached hydrogens (tertiary/aromatic N) is 3. The molecule has 2 heterocycles. The van der Waals surface area contributed by atoms with Crippen LogP contribution in [-0.2, 0) is 38.3 Å². The minimum Gasteiger partial charge on any atom is -0.380 e. The second-order valence-corrected chi connectivity index (χ2v) is 22.8. The number of unbranched alkanes of at least 4 members (excludes halogenated alkanes) is 2. The van der Waals surface area contributed by atoms with Crippen molar-refractivity contribution in [3.05, 3.63) is 34.9 Å². The molecule has 402 valence electrons. The molecule has 71 heavy (non-hydrogen) atoms. The van der Waals surface area contributed by atoms with E-state index in [2.05, 4.69) is 55.4 Å². The molecule has 0 aromatic carbocycles. The number of allylic oxidation sites excluding steroid dienone is 4. The summed E-state index contributed by atoms with van der Waals surface area (Å²) >= 11 is 0. The summed E-state index contributed by atoms with van der Waals surface area (Å²) in [7, 11) is 3.66. The summed E-state index contributed by atoms with van der Waals surface area (Å²) in [6, 6.07) is -1.98. The number of carbonyl (C=O) groups excluding carboxylic acids is 6. The first-order valence-corrected chi connectivity index (χ1v) is 27.8. The Hall–Kier alpha value is -3.68. The van der Waals surface area contributed by atoms with E-state index in [0.717, 1.165) is 88.3 Å². The highest BCUT2D eigenvalue weighted by molar-refractivity contribution is 5.92. The Morgan fingerprint density at radius 1 is 0.887 bits per heavy atom. The fourth-order valence-electron chi connectivity index (χ4n) is 12.1. The van der Waals surface area contributed by atoms with E-state index >= 15 is 0 Å². The maximum absolute atomic E-state index is 14.6. The van der Waals surface area contributed by atoms with E-state index in [1.165, 1.54) is 10.6 Å². The standard InChI is InChI=1S/C58H97N5O8/c1-15-25-45(64)27-18-17-21-30-61(13)54(38(5)6)56(68)59-52(37(3)4)49(65)34-40(8)47-36-58(47,41(9)16-2)50(70-14)35-51(66)62-31-24-29-48(62)42(10)43(11)55(67)60-53(57(69)63-32-22-23-33-71-63)44(12)46-28-20-19-26-39(46)7/h19-20,28,37-39,41-44,48,50,52-54H,15-18,21-27,29-36H2,1-14H3,(H,59,68)(H,60,67)/b47-40+/t39?,41-,42+,43+,44-,48-,50+,52-,53-,54-,58-/m0/s1. The number of hydrogen-bond acceptors (Lipinski definition) is 9. The predicted molar refractivity (Wildman–Crippen MR) is 283 cm³/mol. The number of Topliss-reactive ketones (excluding diaryl/α,β-unsaturated/α-hetero) is 2. The van der Waals surface area contributed by atoms with Gasteiger partial charge in [0.25, 0.3) is 5.91 Å². The lowest BCUT2D eigenvalue weighted by Gasteiger charge is -2.37. The Bertz CT molecular complexity index is 1900. The van der Waals surface area contributed by atoms with Crippen LogP contribution in [0.3, 0.4) is 0 Å². The molecular formula is C58H97N5O8. The molecule has 2 saturated heterocycles. The van der Waals surface area contributed by atoms with E-state index in [0.29, 0.717) is 38.3 Å². The summed E-state index contributed by atoms with van der Waals surface area (Å²) in [6.07, 6.45) is 16.9. The first-order valence-electron chi connectivity index (χ1n) is 27.8. The minimum atomic E-state index is -0.782. The number of hydrogen-bond donors (Lipinski definition) is 2. The summed E-state index contributed by atoms with van der Waals surface area (Å²) in [5, 5.41) is 7.80. The van der Waals surface area contributed by atoms with Crippen molar-refractivity contribution in [1.29, 1.82) is 0 Å². The molecule has 2 aliphatic heterocycles. The molecule has 13 heteroatoms. The highest BCUT2D eigenvalue weighted by Crippen LogP contribution is 2.64.